The largest absolute Gasteiger partial charge is 0.444 e. The molecule has 0 heterocycles. The van der Waals surface area contributed by atoms with Crippen molar-refractivity contribution in [2.24, 2.45) is 0 Å². The first-order valence-electron chi connectivity index (χ1n) is 5.23. The lowest BCUT2D eigenvalue weighted by molar-refractivity contribution is 0.0229. The Labute approximate surface area is 87.4 Å². The minimum Gasteiger partial charge on any atom is -0.444 e. The Morgan fingerprint density at radius 1 is 1.43 bits per heavy atom. The van der Waals surface area contributed by atoms with Crippen LogP contribution in [-0.2, 0) is 4.74 Å². The fraction of sp³-hybridized carbons (Fsp3) is 0.909. The van der Waals surface area contributed by atoms with E-state index < -0.39 is 5.60 Å². The topological polar surface area (TPSA) is 29.5 Å². The second-order valence-corrected chi connectivity index (χ2v) is 4.73. The molecule has 3 heteroatoms. The van der Waals surface area contributed by atoms with Crippen molar-refractivity contribution < 1.29 is 9.53 Å². The van der Waals surface area contributed by atoms with E-state index in [-0.39, 0.29) is 12.1 Å². The molecule has 0 saturated heterocycles. The Morgan fingerprint density at radius 3 is 2.29 bits per heavy atom. The summed E-state index contributed by atoms with van der Waals surface area (Å²) in [6.07, 6.45) is 1.85. The van der Waals surface area contributed by atoms with Gasteiger partial charge in [-0.15, -0.1) is 0 Å². The van der Waals surface area contributed by atoms with Gasteiger partial charge in [-0.2, -0.15) is 0 Å². The minimum atomic E-state index is -0.405. The number of hydrogen-bond acceptors (Lipinski definition) is 2. The quantitative estimate of drug-likeness (QED) is 0.702. The van der Waals surface area contributed by atoms with Crippen molar-refractivity contribution >= 4 is 6.09 Å². The van der Waals surface area contributed by atoms with Crippen molar-refractivity contribution in [3.63, 3.8) is 0 Å². The molecule has 0 radical (unpaired) electrons. The molecule has 0 aliphatic rings. The van der Waals surface area contributed by atoms with Crippen LogP contribution in [-0.4, -0.2) is 29.7 Å². The van der Waals surface area contributed by atoms with Gasteiger partial charge in [0.15, 0.2) is 0 Å². The van der Waals surface area contributed by atoms with Crippen LogP contribution in [0.3, 0.4) is 0 Å². The molecule has 0 spiro atoms. The van der Waals surface area contributed by atoms with Gasteiger partial charge in [0.05, 0.1) is 0 Å². The van der Waals surface area contributed by atoms with Crippen molar-refractivity contribution in [1.82, 2.24) is 4.90 Å². The first-order chi connectivity index (χ1) is 6.28. The summed E-state index contributed by atoms with van der Waals surface area (Å²) >= 11 is 0. The van der Waals surface area contributed by atoms with Crippen LogP contribution in [0.5, 0.6) is 0 Å². The second kappa shape index (κ2) is 5.23. The Bertz CT molecular complexity index is 184. The molecular weight excluding hydrogens is 178 g/mol. The van der Waals surface area contributed by atoms with Crippen molar-refractivity contribution in [1.29, 1.82) is 0 Å². The van der Waals surface area contributed by atoms with Gasteiger partial charge < -0.3 is 9.64 Å². The Balaban J connectivity index is 4.12. The van der Waals surface area contributed by atoms with Gasteiger partial charge in [0, 0.05) is 13.1 Å². The van der Waals surface area contributed by atoms with E-state index >= 15 is 0 Å². The first kappa shape index (κ1) is 13.3. The SMILES string of the molecule is CCC[C@H](C)N(C)C(=O)OC(C)(C)C. The van der Waals surface area contributed by atoms with Crippen LogP contribution in [0.2, 0.25) is 0 Å². The molecule has 0 N–H and O–H groups in total. The predicted octanol–water partition coefficient (Wildman–Crippen LogP) is 3.04. The van der Waals surface area contributed by atoms with Gasteiger partial charge in [-0.1, -0.05) is 13.3 Å². The van der Waals surface area contributed by atoms with Crippen LogP contribution in [0.4, 0.5) is 4.79 Å². The minimum absolute atomic E-state index is 0.238. The smallest absolute Gasteiger partial charge is 0.410 e. The molecule has 0 fully saturated rings. The molecule has 0 saturated carbocycles. The number of carbonyl (C=O) groups is 1. The maximum Gasteiger partial charge on any atom is 0.410 e. The van der Waals surface area contributed by atoms with Crippen molar-refractivity contribution in [2.45, 2.75) is 59.1 Å². The molecule has 3 nitrogen and oxygen atoms in total. The lowest BCUT2D eigenvalue weighted by Gasteiger charge is -2.28. The van der Waals surface area contributed by atoms with Crippen LogP contribution in [0.25, 0.3) is 0 Å². The Hall–Kier alpha value is -0.730. The van der Waals surface area contributed by atoms with Crippen LogP contribution in [0.1, 0.15) is 47.5 Å². The van der Waals surface area contributed by atoms with E-state index in [4.69, 9.17) is 4.74 Å². The zero-order chi connectivity index (χ0) is 11.4. The van der Waals surface area contributed by atoms with Crippen molar-refractivity contribution in [3.05, 3.63) is 0 Å². The summed E-state index contributed by atoms with van der Waals surface area (Å²) in [6, 6.07) is 0.245. The highest BCUT2D eigenvalue weighted by Crippen LogP contribution is 2.12. The average Bonchev–Trinajstić information content (AvgIpc) is 2.00. The Morgan fingerprint density at radius 2 is 1.93 bits per heavy atom. The summed E-state index contributed by atoms with van der Waals surface area (Å²) in [5.41, 5.74) is -0.405. The monoisotopic (exact) mass is 201 g/mol. The van der Waals surface area contributed by atoms with E-state index in [1.165, 1.54) is 0 Å². The molecule has 0 aliphatic heterocycles. The number of hydrogen-bond donors (Lipinski definition) is 0. The molecule has 0 unspecified atom stereocenters. The van der Waals surface area contributed by atoms with Gasteiger partial charge in [-0.3, -0.25) is 0 Å². The second-order valence-electron chi connectivity index (χ2n) is 4.73. The molecular formula is C11H23NO2. The highest BCUT2D eigenvalue weighted by Gasteiger charge is 2.22. The fourth-order valence-corrected chi connectivity index (χ4v) is 1.13. The van der Waals surface area contributed by atoms with E-state index in [9.17, 15) is 4.79 Å². The zero-order valence-electron chi connectivity index (χ0n) is 10.3. The predicted molar refractivity (Wildman–Crippen MR) is 58.4 cm³/mol. The van der Waals surface area contributed by atoms with Crippen LogP contribution < -0.4 is 0 Å². The normalized spacial score (nSPS) is 13.6. The van der Waals surface area contributed by atoms with Gasteiger partial charge in [0.25, 0.3) is 0 Å². The molecule has 84 valence electrons. The maximum atomic E-state index is 11.6. The number of carbonyl (C=O) groups excluding carboxylic acids is 1. The van der Waals surface area contributed by atoms with Crippen molar-refractivity contribution in [3.8, 4) is 0 Å². The molecule has 0 aromatic heterocycles. The van der Waals surface area contributed by atoms with E-state index in [0.29, 0.717) is 0 Å². The lowest BCUT2D eigenvalue weighted by atomic mass is 10.2. The molecule has 0 aliphatic carbocycles. The third-order valence-corrected chi connectivity index (χ3v) is 2.05. The molecule has 0 aromatic carbocycles. The zero-order valence-corrected chi connectivity index (χ0v) is 10.3. The molecule has 0 bridgehead atoms. The Kier molecular flexibility index (Phi) is 4.95. The molecule has 0 aromatic rings. The summed E-state index contributed by atoms with van der Waals surface area (Å²) in [7, 11) is 1.79. The third-order valence-electron chi connectivity index (χ3n) is 2.05. The van der Waals surface area contributed by atoms with E-state index in [0.717, 1.165) is 12.8 Å². The molecule has 14 heavy (non-hydrogen) atoms. The summed E-state index contributed by atoms with van der Waals surface area (Å²) in [6.45, 7) is 9.78. The summed E-state index contributed by atoms with van der Waals surface area (Å²) in [4.78, 5) is 13.2. The van der Waals surface area contributed by atoms with Gasteiger partial charge in [-0.25, -0.2) is 4.79 Å². The van der Waals surface area contributed by atoms with E-state index in [1.807, 2.05) is 27.7 Å². The van der Waals surface area contributed by atoms with Crippen molar-refractivity contribution in [2.75, 3.05) is 7.05 Å². The fourth-order valence-electron chi connectivity index (χ4n) is 1.13. The van der Waals surface area contributed by atoms with Gasteiger partial charge in [-0.05, 0) is 34.1 Å². The highest BCUT2D eigenvalue weighted by atomic mass is 16.6. The lowest BCUT2D eigenvalue weighted by Crippen LogP contribution is -2.39. The van der Waals surface area contributed by atoms with Crippen LogP contribution in [0, 0.1) is 0 Å². The standard InChI is InChI=1S/C11H23NO2/c1-7-8-9(2)12(6)10(13)14-11(3,4)5/h9H,7-8H2,1-6H3/t9-/m0/s1. The number of rotatable bonds is 3. The first-order valence-corrected chi connectivity index (χ1v) is 5.23. The van der Waals surface area contributed by atoms with Crippen LogP contribution >= 0.6 is 0 Å². The highest BCUT2D eigenvalue weighted by molar-refractivity contribution is 5.68. The number of ether oxygens (including phenoxy) is 1. The maximum absolute atomic E-state index is 11.6. The number of nitrogens with zero attached hydrogens (tertiary/aromatic N) is 1. The van der Waals surface area contributed by atoms with E-state index in [2.05, 4.69) is 6.92 Å². The summed E-state index contributed by atoms with van der Waals surface area (Å²) < 4.78 is 5.25. The summed E-state index contributed by atoms with van der Waals surface area (Å²) in [5.74, 6) is 0. The van der Waals surface area contributed by atoms with E-state index in [1.54, 1.807) is 11.9 Å². The van der Waals surface area contributed by atoms with Crippen LogP contribution in [0.15, 0.2) is 0 Å². The van der Waals surface area contributed by atoms with Gasteiger partial charge >= 0.3 is 6.09 Å². The van der Waals surface area contributed by atoms with Gasteiger partial charge in [0.2, 0.25) is 0 Å². The third kappa shape index (κ3) is 5.10. The van der Waals surface area contributed by atoms with Gasteiger partial charge in [0.1, 0.15) is 5.60 Å². The molecule has 0 rings (SSSR count). The number of amides is 1. The average molecular weight is 201 g/mol. The summed E-state index contributed by atoms with van der Waals surface area (Å²) in [5, 5.41) is 0. The molecule has 1 atom stereocenters. The molecule has 1 amide bonds.